The molecule has 1 aliphatic carbocycles. The lowest BCUT2D eigenvalue weighted by molar-refractivity contribution is -0.141. The number of anilines is 1. The quantitative estimate of drug-likeness (QED) is 0.241. The number of aromatic nitrogens is 1. The average Bonchev–Trinajstić information content (AvgIpc) is 3.10. The topological polar surface area (TPSA) is 108 Å². The van der Waals surface area contributed by atoms with Crippen LogP contribution in [-0.2, 0) is 21.0 Å². The molecule has 0 bridgehead atoms. The average molecular weight is 614 g/mol. The molecule has 0 saturated carbocycles. The van der Waals surface area contributed by atoms with E-state index in [1.54, 1.807) is 41.6 Å². The molecule has 4 heterocycles. The molecule has 3 aliphatic heterocycles. The number of carboxylic acids is 1. The maximum atomic E-state index is 16.6. The Hall–Kier alpha value is -3.42. The molecule has 1 saturated heterocycles. The number of carbonyl (C=O) groups is 1. The Morgan fingerprint density at radius 2 is 2.07 bits per heavy atom. The maximum Gasteiger partial charge on any atom is 0.335 e. The van der Waals surface area contributed by atoms with Crippen LogP contribution in [0.2, 0.25) is 25.7 Å². The van der Waals surface area contributed by atoms with Gasteiger partial charge < -0.3 is 19.5 Å². The summed E-state index contributed by atoms with van der Waals surface area (Å²) in [6.45, 7) is 7.29. The fourth-order valence-electron chi connectivity index (χ4n) is 5.64. The Bertz CT molecular complexity index is 1630. The van der Waals surface area contributed by atoms with Gasteiger partial charge in [0.2, 0.25) is 5.95 Å². The second-order valence-electron chi connectivity index (χ2n) is 11.9. The summed E-state index contributed by atoms with van der Waals surface area (Å²) in [6.07, 6.45) is 5.74. The highest BCUT2D eigenvalue weighted by Crippen LogP contribution is 2.41. The molecule has 10 nitrogen and oxygen atoms in total. The molecule has 2 aromatic rings. The second-order valence-corrected chi connectivity index (χ2v) is 17.9. The highest BCUT2D eigenvalue weighted by molar-refractivity contribution is 6.76. The zero-order chi connectivity index (χ0) is 29.8. The number of halogens is 2. The highest BCUT2D eigenvalue weighted by Gasteiger charge is 2.45. The van der Waals surface area contributed by atoms with E-state index in [0.29, 0.717) is 29.6 Å². The Morgan fingerprint density at radius 3 is 2.83 bits per heavy atom. The molecule has 13 heteroatoms. The summed E-state index contributed by atoms with van der Waals surface area (Å²) in [7, 11) is -1.29. The Labute approximate surface area is 248 Å². The van der Waals surface area contributed by atoms with Crippen LogP contribution in [0.5, 0.6) is 0 Å². The van der Waals surface area contributed by atoms with E-state index in [0.717, 1.165) is 11.6 Å². The van der Waals surface area contributed by atoms with E-state index < -0.39 is 32.3 Å². The second kappa shape index (κ2) is 11.0. The van der Waals surface area contributed by atoms with Gasteiger partial charge in [-0.15, -0.1) is 0 Å². The minimum atomic E-state index is -1.29. The third-order valence-corrected chi connectivity index (χ3v) is 9.80. The summed E-state index contributed by atoms with van der Waals surface area (Å²) in [4.78, 5) is 28.4. The van der Waals surface area contributed by atoms with Crippen LogP contribution in [0.3, 0.4) is 0 Å². The molecule has 0 radical (unpaired) electrons. The number of ether oxygens (including phenoxy) is 2. The monoisotopic (exact) mass is 613 g/mol. The number of nitrogens with zero attached hydrogens (tertiary/aromatic N) is 3. The molecule has 3 atom stereocenters. The number of rotatable bonds is 7. The smallest absolute Gasteiger partial charge is 0.335 e. The van der Waals surface area contributed by atoms with Gasteiger partial charge in [0.1, 0.15) is 36.1 Å². The van der Waals surface area contributed by atoms with Crippen molar-refractivity contribution >= 4 is 42.1 Å². The van der Waals surface area contributed by atoms with Gasteiger partial charge in [0.15, 0.2) is 6.17 Å². The fourth-order valence-corrected chi connectivity index (χ4v) is 6.67. The Morgan fingerprint density at radius 1 is 1.26 bits per heavy atom. The first-order chi connectivity index (χ1) is 20.0. The molecule has 4 aliphatic rings. The number of fused-ring (bicyclic) bond motifs is 3. The molecule has 1 aromatic heterocycles. The van der Waals surface area contributed by atoms with Gasteiger partial charge >= 0.3 is 5.97 Å². The Balaban J connectivity index is 1.38. The molecule has 222 valence electrons. The van der Waals surface area contributed by atoms with Crippen molar-refractivity contribution in [1.82, 2.24) is 20.1 Å². The molecule has 0 amide bonds. The number of carboxylic acid groups (broad SMARTS) is 1. The Kier molecular flexibility index (Phi) is 7.52. The van der Waals surface area contributed by atoms with Gasteiger partial charge in [-0.1, -0.05) is 49.5 Å². The number of aliphatic carboxylic acids is 1. The van der Waals surface area contributed by atoms with Gasteiger partial charge in [0, 0.05) is 38.7 Å². The summed E-state index contributed by atoms with van der Waals surface area (Å²) in [5, 5.41) is 16.8. The van der Waals surface area contributed by atoms with E-state index in [1.165, 1.54) is 9.47 Å². The first kappa shape index (κ1) is 28.7. The molecular weight excluding hydrogens is 581 g/mol. The van der Waals surface area contributed by atoms with Gasteiger partial charge in [-0.25, -0.2) is 4.79 Å². The fraction of sp³-hybridized carbons (Fsp3) is 0.379. The van der Waals surface area contributed by atoms with E-state index in [2.05, 4.69) is 30.3 Å². The van der Waals surface area contributed by atoms with Gasteiger partial charge in [-0.3, -0.25) is 24.9 Å². The standard InChI is InChI=1S/C29H33ClFN5O5Si/c1-42(2,3)13-12-40-16-34-11-10-17-6-4-8-19(23(17)28(34)37)36-22(30)14-35-20(25(36)31)15-41-21-9-5-7-18-24(21)27(35)33-26(32-18)29(38)39/h4-6,8-11,14,18,26-27,32-33H,7,12-13,15-16H2,1-3H3,(H,38,39)/t18?,26?,27-/m0/s1. The summed E-state index contributed by atoms with van der Waals surface area (Å²) in [5.41, 5.74) is 0.871. The molecular formula is C29H33ClFN5O5Si. The molecule has 1 fully saturated rings. The van der Waals surface area contributed by atoms with Crippen LogP contribution in [0, 0.1) is 0 Å². The van der Waals surface area contributed by atoms with E-state index in [9.17, 15) is 14.7 Å². The number of pyridine rings is 1. The molecule has 3 N–H and O–H groups in total. The van der Waals surface area contributed by atoms with Gasteiger partial charge in [-0.05, 0) is 36.1 Å². The minimum Gasteiger partial charge on any atom is -0.487 e. The first-order valence-corrected chi connectivity index (χ1v) is 17.9. The number of allylic oxidation sites excluding steroid dienone is 1. The highest BCUT2D eigenvalue weighted by atomic mass is 35.5. The molecule has 1 aromatic carbocycles. The van der Waals surface area contributed by atoms with E-state index in [4.69, 9.17) is 21.1 Å². The predicted molar refractivity (Wildman–Crippen MR) is 161 cm³/mol. The van der Waals surface area contributed by atoms with Crippen molar-refractivity contribution in [2.75, 3.05) is 18.1 Å². The molecule has 0 spiro atoms. The summed E-state index contributed by atoms with van der Waals surface area (Å²) in [5.74, 6) is -1.25. The minimum absolute atomic E-state index is 0.00379. The summed E-state index contributed by atoms with van der Waals surface area (Å²) in [6, 6.07) is 7.64. The van der Waals surface area contributed by atoms with Crippen molar-refractivity contribution in [3.63, 3.8) is 0 Å². The van der Waals surface area contributed by atoms with Crippen LogP contribution in [-0.4, -0.2) is 60.2 Å². The van der Waals surface area contributed by atoms with Crippen molar-refractivity contribution in [3.05, 3.63) is 87.3 Å². The maximum absolute atomic E-state index is 16.6. The summed E-state index contributed by atoms with van der Waals surface area (Å²) >= 11 is 6.78. The van der Waals surface area contributed by atoms with Crippen LogP contribution >= 0.6 is 11.6 Å². The SMILES string of the molecule is C[Si](C)(C)CCOCn1ccc2cccc(N3C(Cl)=CN4C(=C3F)COC3=C5C(CC=C3)NC(C(=O)O)N[C@H]54)c2c1=O. The predicted octanol–water partition coefficient (Wildman–Crippen LogP) is 4.15. The van der Waals surface area contributed by atoms with Crippen molar-refractivity contribution in [2.24, 2.45) is 0 Å². The zero-order valence-corrected chi connectivity index (χ0v) is 25.3. The third-order valence-electron chi connectivity index (χ3n) is 7.83. The van der Waals surface area contributed by atoms with E-state index in [-0.39, 0.29) is 41.5 Å². The number of hydrogen-bond donors (Lipinski definition) is 3. The van der Waals surface area contributed by atoms with Crippen LogP contribution in [0.15, 0.2) is 81.7 Å². The van der Waals surface area contributed by atoms with Crippen molar-refractivity contribution in [2.45, 2.75) is 57.2 Å². The van der Waals surface area contributed by atoms with Crippen molar-refractivity contribution in [1.29, 1.82) is 0 Å². The number of benzene rings is 1. The lowest BCUT2D eigenvalue weighted by Gasteiger charge is -2.44. The summed E-state index contributed by atoms with van der Waals surface area (Å²) < 4.78 is 30.0. The van der Waals surface area contributed by atoms with Gasteiger partial charge in [0.05, 0.1) is 11.1 Å². The van der Waals surface area contributed by atoms with Gasteiger partial charge in [-0.2, -0.15) is 4.39 Å². The lowest BCUT2D eigenvalue weighted by atomic mass is 9.91. The number of nitrogens with one attached hydrogen (secondary N) is 2. The first-order valence-electron chi connectivity index (χ1n) is 13.9. The van der Waals surface area contributed by atoms with Crippen molar-refractivity contribution < 1.29 is 23.8 Å². The largest absolute Gasteiger partial charge is 0.487 e. The normalized spacial score (nSPS) is 23.8. The molecule has 42 heavy (non-hydrogen) atoms. The molecule has 2 unspecified atom stereocenters. The van der Waals surface area contributed by atoms with Crippen LogP contribution in [0.25, 0.3) is 10.8 Å². The van der Waals surface area contributed by atoms with E-state index >= 15 is 4.39 Å². The number of hydrogen-bond acceptors (Lipinski definition) is 8. The van der Waals surface area contributed by atoms with Crippen LogP contribution in [0.1, 0.15) is 6.42 Å². The zero-order valence-electron chi connectivity index (χ0n) is 23.6. The van der Waals surface area contributed by atoms with Crippen LogP contribution < -0.4 is 21.1 Å². The third kappa shape index (κ3) is 5.18. The van der Waals surface area contributed by atoms with E-state index in [1.807, 2.05) is 12.2 Å². The molecule has 6 rings (SSSR count). The van der Waals surface area contributed by atoms with Gasteiger partial charge in [0.25, 0.3) is 5.56 Å². The van der Waals surface area contributed by atoms with Crippen LogP contribution in [0.4, 0.5) is 10.1 Å². The van der Waals surface area contributed by atoms with Crippen molar-refractivity contribution in [3.8, 4) is 0 Å². The lowest BCUT2D eigenvalue weighted by Crippen LogP contribution is -2.66.